The lowest BCUT2D eigenvalue weighted by Crippen LogP contribution is -2.53. The predicted molar refractivity (Wildman–Crippen MR) is 199 cm³/mol. The van der Waals surface area contributed by atoms with Gasteiger partial charge >= 0.3 is 40.2 Å². The highest BCUT2D eigenvalue weighted by atomic mass is 28.5. The van der Waals surface area contributed by atoms with E-state index in [0.29, 0.717) is 5.92 Å². The van der Waals surface area contributed by atoms with Gasteiger partial charge in [-0.05, 0) is 130 Å². The molecule has 0 amide bonds. The van der Waals surface area contributed by atoms with Crippen LogP contribution in [0.25, 0.3) is 0 Å². The fourth-order valence-electron chi connectivity index (χ4n) is 5.33. The monoisotopic (exact) mass is 728 g/mol. The second-order valence-corrected chi connectivity index (χ2v) is 39.8. The van der Waals surface area contributed by atoms with Crippen LogP contribution in [0.1, 0.15) is 66.2 Å². The Kier molecular flexibility index (Phi) is 18.6. The molecular formula is C30H72O8Si6. The van der Waals surface area contributed by atoms with Crippen molar-refractivity contribution in [2.24, 2.45) is 11.8 Å². The van der Waals surface area contributed by atoms with Crippen LogP contribution in [0.15, 0.2) is 0 Å². The molecule has 0 spiro atoms. The predicted octanol–water partition coefficient (Wildman–Crippen LogP) is 9.50. The molecule has 0 heterocycles. The van der Waals surface area contributed by atoms with Gasteiger partial charge < -0.3 is 30.0 Å². The molecule has 44 heavy (non-hydrogen) atoms. The Labute approximate surface area is 279 Å². The Morgan fingerprint density at radius 2 is 1.00 bits per heavy atom. The van der Waals surface area contributed by atoms with Crippen LogP contribution >= 0.6 is 0 Å². The van der Waals surface area contributed by atoms with Gasteiger partial charge in [0.25, 0.3) is 0 Å². The molecule has 2 unspecified atom stereocenters. The second kappa shape index (κ2) is 18.3. The van der Waals surface area contributed by atoms with Crippen LogP contribution in [-0.4, -0.2) is 75.7 Å². The fraction of sp³-hybridized carbons (Fsp3) is 0.967. The molecule has 0 radical (unpaired) electrons. The van der Waals surface area contributed by atoms with E-state index in [1.165, 1.54) is 0 Å². The number of carbonyl (C=O) groups excluding carboxylic acids is 1. The summed E-state index contributed by atoms with van der Waals surface area (Å²) in [7, 11) is -11.7. The lowest BCUT2D eigenvalue weighted by atomic mass is 9.95. The maximum Gasteiger partial charge on any atom is 0.323 e. The zero-order valence-corrected chi connectivity index (χ0v) is 38.0. The van der Waals surface area contributed by atoms with E-state index < -0.39 is 50.9 Å². The van der Waals surface area contributed by atoms with Crippen molar-refractivity contribution in [1.82, 2.24) is 0 Å². The van der Waals surface area contributed by atoms with Crippen molar-refractivity contribution in [2.45, 2.75) is 170 Å². The summed E-state index contributed by atoms with van der Waals surface area (Å²) in [5.74, 6) is 0.525. The van der Waals surface area contributed by atoms with Gasteiger partial charge in [-0.15, -0.1) is 0 Å². The van der Waals surface area contributed by atoms with Gasteiger partial charge in [-0.25, -0.2) is 0 Å². The molecule has 1 aliphatic carbocycles. The molecule has 0 bridgehead atoms. The minimum Gasteiger partial charge on any atom is -0.462 e. The van der Waals surface area contributed by atoms with Gasteiger partial charge in [0.15, 0.2) is 16.6 Å². The topological polar surface area (TPSA) is 81.7 Å². The lowest BCUT2D eigenvalue weighted by molar-refractivity contribution is -0.156. The van der Waals surface area contributed by atoms with Crippen molar-refractivity contribution >= 4 is 56.8 Å². The summed E-state index contributed by atoms with van der Waals surface area (Å²) in [6.45, 7) is 39.3. The van der Waals surface area contributed by atoms with E-state index in [0.717, 1.165) is 45.1 Å². The molecular weight excluding hydrogens is 657 g/mol. The van der Waals surface area contributed by atoms with Crippen molar-refractivity contribution in [3.63, 3.8) is 0 Å². The molecule has 264 valence electrons. The molecule has 2 atom stereocenters. The smallest absolute Gasteiger partial charge is 0.323 e. The number of esters is 1. The molecule has 0 saturated heterocycles. The van der Waals surface area contributed by atoms with E-state index in [1.807, 2.05) is 13.8 Å². The van der Waals surface area contributed by atoms with Gasteiger partial charge in [-0.1, -0.05) is 34.1 Å². The fourth-order valence-corrected chi connectivity index (χ4v) is 29.8. The van der Waals surface area contributed by atoms with Crippen LogP contribution in [-0.2, 0) is 34.8 Å². The summed E-state index contributed by atoms with van der Waals surface area (Å²) in [6.07, 6.45) is 5.83. The van der Waals surface area contributed by atoms with Gasteiger partial charge in [-0.2, -0.15) is 0 Å². The van der Waals surface area contributed by atoms with Crippen molar-refractivity contribution in [3.05, 3.63) is 0 Å². The molecule has 0 aliphatic heterocycles. The molecule has 0 aromatic heterocycles. The molecule has 0 N–H and O–H groups in total. The number of ether oxygens (including phenoxy) is 1. The van der Waals surface area contributed by atoms with Crippen LogP contribution in [0, 0.1) is 11.8 Å². The first kappa shape index (κ1) is 44.5. The molecule has 14 heteroatoms. The maximum atomic E-state index is 12.0. The third-order valence-corrected chi connectivity index (χ3v) is 25.3. The SMILES string of the molecule is CCC(C)C(=O)OC1CCC(O[Si](C)(C)O[Si](C)(C)O[Si](C)(C)C)CC1.CCC(C)CO[Si](C)(C)O[Si](C)(C)O[Si](C)(C)C. The van der Waals surface area contributed by atoms with Gasteiger partial charge in [0, 0.05) is 12.7 Å². The average molecular weight is 729 g/mol. The Bertz CT molecular complexity index is 834. The largest absolute Gasteiger partial charge is 0.462 e. The van der Waals surface area contributed by atoms with Crippen molar-refractivity contribution in [1.29, 1.82) is 0 Å². The summed E-state index contributed by atoms with van der Waals surface area (Å²) in [5.41, 5.74) is 0. The molecule has 1 saturated carbocycles. The highest BCUT2D eigenvalue weighted by Crippen LogP contribution is 2.29. The van der Waals surface area contributed by atoms with E-state index in [9.17, 15) is 4.79 Å². The zero-order valence-electron chi connectivity index (χ0n) is 32.0. The molecule has 1 fully saturated rings. The van der Waals surface area contributed by atoms with Gasteiger partial charge in [0.05, 0.1) is 5.92 Å². The number of rotatable bonds is 17. The molecule has 0 aromatic rings. The Balaban J connectivity index is 0.000000902. The number of hydrogen-bond donors (Lipinski definition) is 0. The van der Waals surface area contributed by atoms with Crippen LogP contribution in [0.5, 0.6) is 0 Å². The van der Waals surface area contributed by atoms with Crippen LogP contribution in [0.3, 0.4) is 0 Å². The second-order valence-electron chi connectivity index (χ2n) is 16.3. The first-order valence-electron chi connectivity index (χ1n) is 16.9. The lowest BCUT2D eigenvalue weighted by Gasteiger charge is -2.39. The molecule has 8 nitrogen and oxygen atoms in total. The van der Waals surface area contributed by atoms with Crippen molar-refractivity contribution < 1.29 is 34.8 Å². The third kappa shape index (κ3) is 22.2. The van der Waals surface area contributed by atoms with Crippen LogP contribution < -0.4 is 0 Å². The zero-order chi connectivity index (χ0) is 34.8. The Hall–Kier alpha value is 0.531. The molecule has 0 aromatic carbocycles. The van der Waals surface area contributed by atoms with Crippen molar-refractivity contribution in [3.8, 4) is 0 Å². The van der Waals surface area contributed by atoms with Crippen LogP contribution in [0.4, 0.5) is 0 Å². The highest BCUT2D eigenvalue weighted by Gasteiger charge is 2.42. The summed E-state index contributed by atoms with van der Waals surface area (Å²) in [6, 6.07) is 0. The normalized spacial score (nSPS) is 20.4. The van der Waals surface area contributed by atoms with Crippen LogP contribution in [0.2, 0.25) is 91.7 Å². The third-order valence-electron chi connectivity index (χ3n) is 6.87. The standard InChI is InChI=1S/C18H40O5Si3.C12H32O3Si3/c1-10-15(2)18(19)20-16-11-13-17(14-12-16)21-25(6,7)23-26(8,9)22-24(3,4)5;1-10-12(2)11-13-17(6,7)15-18(8,9)14-16(3,4)5/h15-17H,10-14H2,1-9H3;12H,10-11H2,1-9H3. The minimum absolute atomic E-state index is 0.0118. The Morgan fingerprint density at radius 1 is 0.591 bits per heavy atom. The van der Waals surface area contributed by atoms with Crippen molar-refractivity contribution in [2.75, 3.05) is 6.61 Å². The number of hydrogen-bond acceptors (Lipinski definition) is 8. The first-order valence-corrected chi connectivity index (χ1v) is 35.0. The van der Waals surface area contributed by atoms with Gasteiger partial charge in [0.1, 0.15) is 6.10 Å². The quantitative estimate of drug-likeness (QED) is 0.108. The molecule has 1 aliphatic rings. The molecule has 1 rings (SSSR count). The van der Waals surface area contributed by atoms with Gasteiger partial charge in [-0.3, -0.25) is 4.79 Å². The van der Waals surface area contributed by atoms with Gasteiger partial charge in [0.2, 0.25) is 0 Å². The van der Waals surface area contributed by atoms with E-state index in [-0.39, 0.29) is 24.1 Å². The summed E-state index contributed by atoms with van der Waals surface area (Å²) in [4.78, 5) is 12.0. The Morgan fingerprint density at radius 3 is 1.39 bits per heavy atom. The van der Waals surface area contributed by atoms with E-state index in [1.54, 1.807) is 0 Å². The first-order chi connectivity index (χ1) is 19.6. The van der Waals surface area contributed by atoms with E-state index >= 15 is 0 Å². The summed E-state index contributed by atoms with van der Waals surface area (Å²) >= 11 is 0. The average Bonchev–Trinajstić information content (AvgIpc) is 2.78. The maximum absolute atomic E-state index is 12.0. The summed E-state index contributed by atoms with van der Waals surface area (Å²) < 4.78 is 43.2. The minimum atomic E-state index is -2.25. The summed E-state index contributed by atoms with van der Waals surface area (Å²) in [5, 5.41) is 0. The van der Waals surface area contributed by atoms with E-state index in [2.05, 4.69) is 106 Å². The number of carbonyl (C=O) groups is 1. The van der Waals surface area contributed by atoms with E-state index in [4.69, 9.17) is 30.0 Å². The highest BCUT2D eigenvalue weighted by molar-refractivity contribution is 6.86.